The summed E-state index contributed by atoms with van der Waals surface area (Å²) in [6.45, 7) is 0.988. The minimum absolute atomic E-state index is 0.508. The molecular weight excluding hydrogens is 248 g/mol. The van der Waals surface area contributed by atoms with E-state index in [-0.39, 0.29) is 0 Å². The molecule has 0 unspecified atom stereocenters. The van der Waals surface area contributed by atoms with Crippen molar-refractivity contribution in [3.8, 4) is 11.1 Å². The van der Waals surface area contributed by atoms with Gasteiger partial charge in [-0.2, -0.15) is 5.10 Å². The van der Waals surface area contributed by atoms with Crippen LogP contribution >= 0.6 is 11.6 Å². The first-order valence-electron chi connectivity index (χ1n) is 6.01. The van der Waals surface area contributed by atoms with E-state index in [9.17, 15) is 0 Å². The van der Waals surface area contributed by atoms with Crippen LogP contribution in [0.1, 0.15) is 12.8 Å². The second kappa shape index (κ2) is 4.21. The number of aromatic nitrogens is 2. The van der Waals surface area contributed by atoms with Crippen LogP contribution < -0.4 is 11.5 Å². The van der Waals surface area contributed by atoms with E-state index >= 15 is 0 Å². The lowest BCUT2D eigenvalue weighted by Gasteiger charge is -2.06. The van der Waals surface area contributed by atoms with Crippen molar-refractivity contribution in [3.63, 3.8) is 0 Å². The minimum atomic E-state index is 0.508. The Morgan fingerprint density at radius 1 is 1.28 bits per heavy atom. The molecule has 1 saturated carbocycles. The van der Waals surface area contributed by atoms with Gasteiger partial charge in [-0.3, -0.25) is 4.68 Å². The lowest BCUT2D eigenvalue weighted by molar-refractivity contribution is 0.563. The first-order valence-corrected chi connectivity index (χ1v) is 6.38. The highest BCUT2D eigenvalue weighted by Crippen LogP contribution is 2.34. The summed E-state index contributed by atoms with van der Waals surface area (Å²) in [5.74, 6) is 0.796. The van der Waals surface area contributed by atoms with Gasteiger partial charge < -0.3 is 11.5 Å². The summed E-state index contributed by atoms with van der Waals surface area (Å²) in [7, 11) is 0. The summed E-state index contributed by atoms with van der Waals surface area (Å²) in [6, 6.07) is 3.49. The van der Waals surface area contributed by atoms with E-state index in [0.717, 1.165) is 23.6 Å². The van der Waals surface area contributed by atoms with Crippen LogP contribution in [0.25, 0.3) is 11.1 Å². The number of nitrogens with two attached hydrogens (primary N) is 2. The van der Waals surface area contributed by atoms with Crippen molar-refractivity contribution < 1.29 is 0 Å². The average molecular weight is 263 g/mol. The van der Waals surface area contributed by atoms with E-state index < -0.39 is 0 Å². The lowest BCUT2D eigenvalue weighted by Crippen LogP contribution is -1.99. The van der Waals surface area contributed by atoms with E-state index in [1.54, 1.807) is 12.1 Å². The number of hydrogen-bond acceptors (Lipinski definition) is 3. The van der Waals surface area contributed by atoms with Gasteiger partial charge in [-0.25, -0.2) is 0 Å². The molecule has 1 aromatic carbocycles. The van der Waals surface area contributed by atoms with Crippen LogP contribution in [0.5, 0.6) is 0 Å². The van der Waals surface area contributed by atoms with Crippen molar-refractivity contribution in [2.24, 2.45) is 5.92 Å². The van der Waals surface area contributed by atoms with Crippen LogP contribution in [0.15, 0.2) is 24.5 Å². The lowest BCUT2D eigenvalue weighted by atomic mass is 10.1. The van der Waals surface area contributed by atoms with Crippen LogP contribution in [0.3, 0.4) is 0 Å². The SMILES string of the molecule is Nc1cc(Cl)c(-c2cnn(CC3CC3)c2)cc1N. The van der Waals surface area contributed by atoms with Gasteiger partial charge in [-0.1, -0.05) is 11.6 Å². The fourth-order valence-electron chi connectivity index (χ4n) is 1.99. The number of benzene rings is 1. The molecule has 0 atom stereocenters. The second-order valence-corrected chi connectivity index (χ2v) is 5.26. The predicted molar refractivity (Wildman–Crippen MR) is 74.2 cm³/mol. The smallest absolute Gasteiger partial charge is 0.0568 e. The minimum Gasteiger partial charge on any atom is -0.397 e. The van der Waals surface area contributed by atoms with Crippen molar-refractivity contribution >= 4 is 23.0 Å². The van der Waals surface area contributed by atoms with Gasteiger partial charge >= 0.3 is 0 Å². The third-order valence-electron chi connectivity index (χ3n) is 3.26. The molecule has 1 aliphatic carbocycles. The third-order valence-corrected chi connectivity index (χ3v) is 3.57. The Labute approximate surface area is 111 Å². The number of hydrogen-bond donors (Lipinski definition) is 2. The number of nitrogen functional groups attached to an aromatic ring is 2. The molecule has 0 saturated heterocycles. The van der Waals surface area contributed by atoms with Crippen molar-refractivity contribution in [2.75, 3.05) is 11.5 Å². The molecule has 0 spiro atoms. The maximum atomic E-state index is 6.19. The largest absolute Gasteiger partial charge is 0.397 e. The second-order valence-electron chi connectivity index (χ2n) is 4.86. The van der Waals surface area contributed by atoms with Crippen LogP contribution in [0, 0.1) is 5.92 Å². The third kappa shape index (κ3) is 2.16. The maximum absolute atomic E-state index is 6.19. The van der Waals surface area contributed by atoms with Gasteiger partial charge in [0.15, 0.2) is 0 Å². The summed E-state index contributed by atoms with van der Waals surface area (Å²) >= 11 is 6.19. The highest BCUT2D eigenvalue weighted by molar-refractivity contribution is 6.33. The summed E-state index contributed by atoms with van der Waals surface area (Å²) < 4.78 is 1.97. The molecule has 0 radical (unpaired) electrons. The Kier molecular flexibility index (Phi) is 2.67. The Hall–Kier alpha value is -1.68. The average Bonchev–Trinajstić information content (AvgIpc) is 3.01. The van der Waals surface area contributed by atoms with Crippen LogP contribution in [-0.4, -0.2) is 9.78 Å². The summed E-state index contributed by atoms with van der Waals surface area (Å²) in [5.41, 5.74) is 14.4. The molecule has 5 heteroatoms. The van der Waals surface area contributed by atoms with Gasteiger partial charge in [-0.05, 0) is 30.9 Å². The Morgan fingerprint density at radius 3 is 2.72 bits per heavy atom. The van der Waals surface area contributed by atoms with E-state index in [2.05, 4.69) is 5.10 Å². The Morgan fingerprint density at radius 2 is 2.00 bits per heavy atom. The van der Waals surface area contributed by atoms with E-state index in [4.69, 9.17) is 23.1 Å². The van der Waals surface area contributed by atoms with Crippen molar-refractivity contribution in [1.29, 1.82) is 0 Å². The molecule has 4 nitrogen and oxygen atoms in total. The van der Waals surface area contributed by atoms with E-state index in [1.165, 1.54) is 12.8 Å². The molecular formula is C13H15ClN4. The summed E-state index contributed by atoms with van der Waals surface area (Å²) in [4.78, 5) is 0. The zero-order chi connectivity index (χ0) is 12.7. The number of nitrogens with zero attached hydrogens (tertiary/aromatic N) is 2. The van der Waals surface area contributed by atoms with Gasteiger partial charge in [0.25, 0.3) is 0 Å². The molecule has 2 aromatic rings. The molecule has 1 aromatic heterocycles. The van der Waals surface area contributed by atoms with Crippen LogP contribution in [0.4, 0.5) is 11.4 Å². The molecule has 0 aliphatic heterocycles. The Bertz CT molecular complexity index is 587. The zero-order valence-electron chi connectivity index (χ0n) is 9.94. The molecule has 1 heterocycles. The van der Waals surface area contributed by atoms with E-state index in [1.807, 2.05) is 17.1 Å². The van der Waals surface area contributed by atoms with Crippen molar-refractivity contribution in [1.82, 2.24) is 9.78 Å². The monoisotopic (exact) mass is 262 g/mol. The highest BCUT2D eigenvalue weighted by atomic mass is 35.5. The van der Waals surface area contributed by atoms with Gasteiger partial charge in [0.05, 0.1) is 22.6 Å². The molecule has 0 bridgehead atoms. The Balaban J connectivity index is 1.93. The molecule has 4 N–H and O–H groups in total. The molecule has 94 valence electrons. The fraction of sp³-hybridized carbons (Fsp3) is 0.308. The topological polar surface area (TPSA) is 69.9 Å². The highest BCUT2D eigenvalue weighted by Gasteiger charge is 2.22. The van der Waals surface area contributed by atoms with Gasteiger partial charge in [0, 0.05) is 23.9 Å². The van der Waals surface area contributed by atoms with Crippen LogP contribution in [0.2, 0.25) is 5.02 Å². The number of anilines is 2. The summed E-state index contributed by atoms with van der Waals surface area (Å²) in [6.07, 6.45) is 6.45. The maximum Gasteiger partial charge on any atom is 0.0568 e. The summed E-state index contributed by atoms with van der Waals surface area (Å²) in [5, 5.41) is 4.96. The molecule has 1 fully saturated rings. The quantitative estimate of drug-likeness (QED) is 0.836. The predicted octanol–water partition coefficient (Wildman–Crippen LogP) is 2.78. The molecule has 18 heavy (non-hydrogen) atoms. The van der Waals surface area contributed by atoms with Crippen molar-refractivity contribution in [3.05, 3.63) is 29.5 Å². The number of rotatable bonds is 3. The van der Waals surface area contributed by atoms with Crippen LogP contribution in [-0.2, 0) is 6.54 Å². The number of halogens is 1. The first kappa shape index (κ1) is 11.4. The van der Waals surface area contributed by atoms with Gasteiger partial charge in [-0.15, -0.1) is 0 Å². The molecule has 3 rings (SSSR count). The first-order chi connectivity index (χ1) is 8.63. The molecule has 0 amide bonds. The van der Waals surface area contributed by atoms with Gasteiger partial charge in [0.2, 0.25) is 0 Å². The van der Waals surface area contributed by atoms with Gasteiger partial charge in [0.1, 0.15) is 0 Å². The molecule has 1 aliphatic rings. The van der Waals surface area contributed by atoms with E-state index in [0.29, 0.717) is 16.4 Å². The fourth-order valence-corrected chi connectivity index (χ4v) is 2.28. The normalized spacial score (nSPS) is 14.9. The zero-order valence-corrected chi connectivity index (χ0v) is 10.7. The van der Waals surface area contributed by atoms with Crippen molar-refractivity contribution in [2.45, 2.75) is 19.4 Å². The standard InChI is InChI=1S/C13H15ClN4/c14-11-4-13(16)12(15)3-10(11)9-5-17-18(7-9)6-8-1-2-8/h3-5,7-8H,1-2,6,15-16H2.